The Morgan fingerprint density at radius 3 is 0.648 bits per heavy atom. The standard InChI is InChI=1S/C86H168O17P2/c1-7-9-11-13-15-17-19-21-23-25-26-27-28-29-33-38-42-46-52-59-65-70-85(90)102-81(74-96-83(88)68-62-56-50-44-40-36-34-30-31-35-39-43-48-54-60-66-78(3)4)76-100-104(92,93)98-72-80(87)73-99-105(94,95)101-77-82(75-97-84(89)69-63-57-53-47-49-55-61-67-79(5)6)103-86(91)71-64-58-51-45-41-37-32-24-22-20-18-16-14-12-10-8-2/h78-82,87H,7-77H2,1-6H3,(H,92,93)(H,94,95)/t80-,81-,82-/m1/s1. The zero-order valence-corrected chi connectivity index (χ0v) is 70.8. The molecule has 0 fully saturated rings. The number of esters is 4. The third-order valence-corrected chi connectivity index (χ3v) is 22.1. The van der Waals surface area contributed by atoms with Crippen LogP contribution in [0.15, 0.2) is 0 Å². The van der Waals surface area contributed by atoms with Gasteiger partial charge in [0.05, 0.1) is 26.4 Å². The summed E-state index contributed by atoms with van der Waals surface area (Å²) in [7, 11) is -9.93. The molecule has 0 radical (unpaired) electrons. The zero-order chi connectivity index (χ0) is 77.1. The fraction of sp³-hybridized carbons (Fsp3) is 0.953. The van der Waals surface area contributed by atoms with E-state index in [9.17, 15) is 43.2 Å². The van der Waals surface area contributed by atoms with E-state index in [4.69, 9.17) is 37.0 Å². The largest absolute Gasteiger partial charge is 0.472 e. The van der Waals surface area contributed by atoms with Gasteiger partial charge in [0, 0.05) is 25.7 Å². The number of ether oxygens (including phenoxy) is 4. The van der Waals surface area contributed by atoms with Crippen LogP contribution in [0.2, 0.25) is 0 Å². The lowest BCUT2D eigenvalue weighted by molar-refractivity contribution is -0.161. The third kappa shape index (κ3) is 79.9. The summed E-state index contributed by atoms with van der Waals surface area (Å²) < 4.78 is 68.9. The molecule has 0 heterocycles. The van der Waals surface area contributed by atoms with Gasteiger partial charge < -0.3 is 33.8 Å². The molecule has 3 N–H and O–H groups in total. The number of carbonyl (C=O) groups excluding carboxylic acids is 4. The Hall–Kier alpha value is -1.94. The molecule has 105 heavy (non-hydrogen) atoms. The highest BCUT2D eigenvalue weighted by Gasteiger charge is 2.30. The van der Waals surface area contributed by atoms with Crippen molar-refractivity contribution in [3.63, 3.8) is 0 Å². The Morgan fingerprint density at radius 2 is 0.438 bits per heavy atom. The molecule has 2 unspecified atom stereocenters. The Labute approximate surface area is 645 Å². The van der Waals surface area contributed by atoms with Crippen LogP contribution >= 0.6 is 15.6 Å². The first-order chi connectivity index (χ1) is 50.9. The van der Waals surface area contributed by atoms with Crippen molar-refractivity contribution in [2.75, 3.05) is 39.6 Å². The maximum absolute atomic E-state index is 13.1. The number of phosphoric ester groups is 2. The van der Waals surface area contributed by atoms with Crippen LogP contribution in [0, 0.1) is 11.8 Å². The fourth-order valence-electron chi connectivity index (χ4n) is 13.4. The first-order valence-corrected chi connectivity index (χ1v) is 47.5. The number of hydrogen-bond donors (Lipinski definition) is 3. The first kappa shape index (κ1) is 103. The molecule has 0 saturated heterocycles. The van der Waals surface area contributed by atoms with Crippen molar-refractivity contribution in [3.8, 4) is 0 Å². The molecular weight excluding hydrogens is 1370 g/mol. The van der Waals surface area contributed by atoms with Crippen molar-refractivity contribution in [1.82, 2.24) is 0 Å². The van der Waals surface area contributed by atoms with Gasteiger partial charge in [0.15, 0.2) is 12.2 Å². The van der Waals surface area contributed by atoms with Crippen LogP contribution in [0.25, 0.3) is 0 Å². The van der Waals surface area contributed by atoms with Gasteiger partial charge in [0.25, 0.3) is 0 Å². The number of unbranched alkanes of at least 4 members (excludes halogenated alkanes) is 55. The van der Waals surface area contributed by atoms with Gasteiger partial charge >= 0.3 is 39.5 Å². The number of rotatable bonds is 85. The Kier molecular flexibility index (Phi) is 76.0. The zero-order valence-electron chi connectivity index (χ0n) is 69.0. The molecule has 0 aromatic rings. The lowest BCUT2D eigenvalue weighted by Crippen LogP contribution is -2.30. The third-order valence-electron chi connectivity index (χ3n) is 20.2. The highest BCUT2D eigenvalue weighted by atomic mass is 31.2. The van der Waals surface area contributed by atoms with E-state index in [1.807, 2.05) is 0 Å². The van der Waals surface area contributed by atoms with Crippen molar-refractivity contribution >= 4 is 39.5 Å². The number of aliphatic hydroxyl groups excluding tert-OH is 1. The van der Waals surface area contributed by atoms with Gasteiger partial charge in [-0.15, -0.1) is 0 Å². The molecule has 0 aromatic carbocycles. The molecule has 19 heteroatoms. The Balaban J connectivity index is 5.22. The normalized spacial score (nSPS) is 13.8. The molecule has 0 aromatic heterocycles. The van der Waals surface area contributed by atoms with Crippen molar-refractivity contribution < 1.29 is 80.2 Å². The minimum absolute atomic E-state index is 0.108. The van der Waals surface area contributed by atoms with Gasteiger partial charge in [-0.1, -0.05) is 408 Å². The minimum Gasteiger partial charge on any atom is -0.462 e. The predicted molar refractivity (Wildman–Crippen MR) is 432 cm³/mol. The monoisotopic (exact) mass is 1540 g/mol. The van der Waals surface area contributed by atoms with Gasteiger partial charge in [-0.05, 0) is 37.5 Å². The molecule has 17 nitrogen and oxygen atoms in total. The van der Waals surface area contributed by atoms with E-state index >= 15 is 0 Å². The SMILES string of the molecule is CCCCCCCCCCCCCCCCCCCCCCCC(=O)O[C@H](COC(=O)CCCCCCCCCCCCCCCCCC(C)C)COP(=O)(O)OC[C@@H](O)COP(=O)(O)OC[C@@H](COC(=O)CCCCCCCCCC(C)C)OC(=O)CCCCCCCCCCCCCCCCCC. The van der Waals surface area contributed by atoms with Crippen LogP contribution in [0.5, 0.6) is 0 Å². The second-order valence-electron chi connectivity index (χ2n) is 31.9. The van der Waals surface area contributed by atoms with Crippen LogP contribution in [0.1, 0.15) is 459 Å². The summed E-state index contributed by atoms with van der Waals surface area (Å²) >= 11 is 0. The molecular formula is C86H168O17P2. The van der Waals surface area contributed by atoms with E-state index in [0.717, 1.165) is 102 Å². The van der Waals surface area contributed by atoms with Crippen molar-refractivity contribution in [3.05, 3.63) is 0 Å². The minimum atomic E-state index is -4.97. The highest BCUT2D eigenvalue weighted by molar-refractivity contribution is 7.47. The number of carbonyl (C=O) groups is 4. The first-order valence-electron chi connectivity index (χ1n) is 44.5. The molecule has 624 valence electrons. The molecule has 0 spiro atoms. The quantitative estimate of drug-likeness (QED) is 0.0222. The smallest absolute Gasteiger partial charge is 0.462 e. The maximum Gasteiger partial charge on any atom is 0.472 e. The summed E-state index contributed by atoms with van der Waals surface area (Å²) in [6.45, 7) is 9.64. The van der Waals surface area contributed by atoms with Gasteiger partial charge in [-0.25, -0.2) is 9.13 Å². The lowest BCUT2D eigenvalue weighted by atomic mass is 10.0. The van der Waals surface area contributed by atoms with Gasteiger partial charge in [0.1, 0.15) is 19.3 Å². The van der Waals surface area contributed by atoms with E-state index in [1.165, 1.54) is 270 Å². The van der Waals surface area contributed by atoms with Crippen LogP contribution in [0.3, 0.4) is 0 Å². The molecule has 0 amide bonds. The number of phosphoric acid groups is 2. The highest BCUT2D eigenvalue weighted by Crippen LogP contribution is 2.45. The van der Waals surface area contributed by atoms with Crippen molar-refractivity contribution in [2.24, 2.45) is 11.8 Å². The number of aliphatic hydroxyl groups is 1. The lowest BCUT2D eigenvalue weighted by Gasteiger charge is -2.21. The molecule has 0 aliphatic rings. The topological polar surface area (TPSA) is 237 Å². The molecule has 0 saturated carbocycles. The van der Waals surface area contributed by atoms with E-state index in [-0.39, 0.29) is 25.7 Å². The van der Waals surface area contributed by atoms with E-state index in [0.29, 0.717) is 31.6 Å². The van der Waals surface area contributed by atoms with E-state index in [2.05, 4.69) is 41.5 Å². The van der Waals surface area contributed by atoms with Crippen LogP contribution in [-0.4, -0.2) is 96.7 Å². The molecule has 0 bridgehead atoms. The fourth-order valence-corrected chi connectivity index (χ4v) is 15.0. The van der Waals surface area contributed by atoms with Crippen LogP contribution in [0.4, 0.5) is 0 Å². The average molecular weight is 1540 g/mol. The maximum atomic E-state index is 13.1. The average Bonchev–Trinajstić information content (AvgIpc) is 0.925. The predicted octanol–water partition coefficient (Wildman–Crippen LogP) is 26.2. The van der Waals surface area contributed by atoms with Crippen LogP contribution < -0.4 is 0 Å². The van der Waals surface area contributed by atoms with E-state index < -0.39 is 97.5 Å². The van der Waals surface area contributed by atoms with Crippen molar-refractivity contribution in [2.45, 2.75) is 477 Å². The summed E-state index contributed by atoms with van der Waals surface area (Å²) in [5.41, 5.74) is 0. The molecule has 0 aliphatic heterocycles. The molecule has 5 atom stereocenters. The van der Waals surface area contributed by atoms with Crippen molar-refractivity contribution in [1.29, 1.82) is 0 Å². The summed E-state index contributed by atoms with van der Waals surface area (Å²) in [5.74, 6) is -0.592. The Bertz CT molecular complexity index is 2010. The summed E-state index contributed by atoms with van der Waals surface area (Å²) in [4.78, 5) is 73.2. The van der Waals surface area contributed by atoms with Crippen LogP contribution in [-0.2, 0) is 65.4 Å². The van der Waals surface area contributed by atoms with Gasteiger partial charge in [-0.2, -0.15) is 0 Å². The van der Waals surface area contributed by atoms with E-state index in [1.54, 1.807) is 0 Å². The second kappa shape index (κ2) is 77.4. The molecule has 0 rings (SSSR count). The van der Waals surface area contributed by atoms with Gasteiger partial charge in [0.2, 0.25) is 0 Å². The molecule has 0 aliphatic carbocycles. The summed E-state index contributed by atoms with van der Waals surface area (Å²) in [5, 5.41) is 10.7. The number of hydrogen-bond acceptors (Lipinski definition) is 15. The summed E-state index contributed by atoms with van der Waals surface area (Å²) in [6, 6.07) is 0. The second-order valence-corrected chi connectivity index (χ2v) is 34.8. The Morgan fingerprint density at radius 1 is 0.257 bits per heavy atom. The summed E-state index contributed by atoms with van der Waals surface area (Å²) in [6.07, 6.45) is 69.6. The van der Waals surface area contributed by atoms with Gasteiger partial charge in [-0.3, -0.25) is 37.3 Å².